The minimum atomic E-state index is 0.289. The molecule has 1 atom stereocenters. The summed E-state index contributed by atoms with van der Waals surface area (Å²) in [5, 5.41) is 3.48. The Morgan fingerprint density at radius 1 is 1.19 bits per heavy atom. The van der Waals surface area contributed by atoms with Crippen LogP contribution in [0.1, 0.15) is 36.9 Å². The molecule has 0 spiro atoms. The zero-order valence-electron chi connectivity index (χ0n) is 13.7. The van der Waals surface area contributed by atoms with Crippen molar-refractivity contribution < 1.29 is 0 Å². The van der Waals surface area contributed by atoms with E-state index in [1.54, 1.807) is 0 Å². The second kappa shape index (κ2) is 6.37. The van der Waals surface area contributed by atoms with Crippen molar-refractivity contribution in [3.05, 3.63) is 21.9 Å². The SMILES string of the molecule is CC(C)(C)c1ccc(CN2CCN(C3CCNC3)CC2)s1. The first-order chi connectivity index (χ1) is 10.0. The van der Waals surface area contributed by atoms with Crippen molar-refractivity contribution in [3.63, 3.8) is 0 Å². The summed E-state index contributed by atoms with van der Waals surface area (Å²) in [5.41, 5.74) is 0.289. The van der Waals surface area contributed by atoms with E-state index in [1.807, 2.05) is 11.3 Å². The van der Waals surface area contributed by atoms with Gasteiger partial charge in [-0.05, 0) is 30.5 Å². The molecular formula is C17H29N3S. The van der Waals surface area contributed by atoms with Gasteiger partial charge in [0.2, 0.25) is 0 Å². The first-order valence-electron chi connectivity index (χ1n) is 8.29. The van der Waals surface area contributed by atoms with Crippen LogP contribution in [0.3, 0.4) is 0 Å². The molecule has 0 saturated carbocycles. The maximum absolute atomic E-state index is 3.48. The summed E-state index contributed by atoms with van der Waals surface area (Å²) in [5.74, 6) is 0. The van der Waals surface area contributed by atoms with E-state index in [0.717, 1.165) is 12.6 Å². The number of nitrogens with zero attached hydrogens (tertiary/aromatic N) is 2. The molecule has 1 aromatic heterocycles. The predicted octanol–water partition coefficient (Wildman–Crippen LogP) is 2.53. The fourth-order valence-electron chi connectivity index (χ4n) is 3.32. The smallest absolute Gasteiger partial charge is 0.0329 e. The van der Waals surface area contributed by atoms with Gasteiger partial charge in [0.25, 0.3) is 0 Å². The lowest BCUT2D eigenvalue weighted by molar-refractivity contribution is 0.0988. The molecule has 0 aromatic carbocycles. The molecule has 118 valence electrons. The van der Waals surface area contributed by atoms with Crippen LogP contribution in [0.5, 0.6) is 0 Å². The van der Waals surface area contributed by atoms with E-state index >= 15 is 0 Å². The first-order valence-corrected chi connectivity index (χ1v) is 9.10. The van der Waals surface area contributed by atoms with Crippen molar-refractivity contribution in [1.29, 1.82) is 0 Å². The number of rotatable bonds is 3. The Labute approximate surface area is 133 Å². The molecule has 2 fully saturated rings. The lowest BCUT2D eigenvalue weighted by Gasteiger charge is -2.37. The lowest BCUT2D eigenvalue weighted by atomic mass is 9.95. The van der Waals surface area contributed by atoms with Gasteiger partial charge in [0, 0.05) is 55.1 Å². The molecule has 1 unspecified atom stereocenters. The molecule has 0 radical (unpaired) electrons. The van der Waals surface area contributed by atoms with Crippen LogP contribution in [0.15, 0.2) is 12.1 Å². The van der Waals surface area contributed by atoms with E-state index in [1.165, 1.54) is 55.4 Å². The molecule has 2 aliphatic heterocycles. The number of hydrogen-bond acceptors (Lipinski definition) is 4. The molecule has 0 bridgehead atoms. The zero-order valence-corrected chi connectivity index (χ0v) is 14.5. The monoisotopic (exact) mass is 307 g/mol. The third-order valence-electron chi connectivity index (χ3n) is 4.74. The summed E-state index contributed by atoms with van der Waals surface area (Å²) < 4.78 is 0. The Morgan fingerprint density at radius 2 is 1.95 bits per heavy atom. The standard InChI is InChI=1S/C17H29N3S/c1-17(2,3)16-5-4-15(21-16)13-19-8-10-20(11-9-19)14-6-7-18-12-14/h4-5,14,18H,6-13H2,1-3H3. The minimum Gasteiger partial charge on any atom is -0.315 e. The highest BCUT2D eigenvalue weighted by Crippen LogP contribution is 2.30. The van der Waals surface area contributed by atoms with Gasteiger partial charge < -0.3 is 5.32 Å². The van der Waals surface area contributed by atoms with E-state index < -0.39 is 0 Å². The molecule has 3 nitrogen and oxygen atoms in total. The quantitative estimate of drug-likeness (QED) is 0.926. The van der Waals surface area contributed by atoms with Crippen LogP contribution in [-0.4, -0.2) is 55.1 Å². The van der Waals surface area contributed by atoms with Crippen molar-refractivity contribution >= 4 is 11.3 Å². The fraction of sp³-hybridized carbons (Fsp3) is 0.765. The molecule has 0 aliphatic carbocycles. The van der Waals surface area contributed by atoms with Crippen molar-refractivity contribution in [1.82, 2.24) is 15.1 Å². The van der Waals surface area contributed by atoms with Gasteiger partial charge in [0.05, 0.1) is 0 Å². The van der Waals surface area contributed by atoms with Crippen LogP contribution >= 0.6 is 11.3 Å². The number of piperazine rings is 1. The van der Waals surface area contributed by atoms with Gasteiger partial charge in [0.1, 0.15) is 0 Å². The predicted molar refractivity (Wildman–Crippen MR) is 91.1 cm³/mol. The highest BCUT2D eigenvalue weighted by atomic mass is 32.1. The van der Waals surface area contributed by atoms with Gasteiger partial charge in [0.15, 0.2) is 0 Å². The summed E-state index contributed by atoms with van der Waals surface area (Å²) in [6.07, 6.45) is 1.33. The second-order valence-corrected chi connectivity index (χ2v) is 8.64. The van der Waals surface area contributed by atoms with Crippen LogP contribution in [-0.2, 0) is 12.0 Å². The molecule has 3 rings (SSSR count). The van der Waals surface area contributed by atoms with Gasteiger partial charge in [-0.2, -0.15) is 0 Å². The van der Waals surface area contributed by atoms with E-state index in [4.69, 9.17) is 0 Å². The first kappa shape index (κ1) is 15.5. The topological polar surface area (TPSA) is 18.5 Å². The van der Waals surface area contributed by atoms with E-state index in [-0.39, 0.29) is 5.41 Å². The Hall–Kier alpha value is -0.420. The zero-order chi connectivity index (χ0) is 14.9. The fourth-order valence-corrected chi connectivity index (χ4v) is 4.43. The van der Waals surface area contributed by atoms with Crippen molar-refractivity contribution in [2.75, 3.05) is 39.3 Å². The third-order valence-corrected chi connectivity index (χ3v) is 6.23. The van der Waals surface area contributed by atoms with Crippen LogP contribution in [0.2, 0.25) is 0 Å². The Morgan fingerprint density at radius 3 is 2.52 bits per heavy atom. The Bertz CT molecular complexity index is 449. The van der Waals surface area contributed by atoms with Gasteiger partial charge in [-0.3, -0.25) is 9.80 Å². The average molecular weight is 308 g/mol. The number of hydrogen-bond donors (Lipinski definition) is 1. The molecule has 1 aromatic rings. The molecule has 1 N–H and O–H groups in total. The van der Waals surface area contributed by atoms with Gasteiger partial charge in [-0.25, -0.2) is 0 Å². The number of nitrogens with one attached hydrogen (secondary N) is 1. The summed E-state index contributed by atoms with van der Waals surface area (Å²) in [7, 11) is 0. The van der Waals surface area contributed by atoms with Crippen LogP contribution < -0.4 is 5.32 Å². The van der Waals surface area contributed by atoms with Crippen molar-refractivity contribution in [2.45, 2.75) is 45.2 Å². The van der Waals surface area contributed by atoms with E-state index in [2.05, 4.69) is 48.0 Å². The summed E-state index contributed by atoms with van der Waals surface area (Å²) in [4.78, 5) is 8.34. The van der Waals surface area contributed by atoms with Crippen molar-refractivity contribution in [3.8, 4) is 0 Å². The summed E-state index contributed by atoms with van der Waals surface area (Å²) >= 11 is 1.99. The molecule has 3 heterocycles. The van der Waals surface area contributed by atoms with Gasteiger partial charge in [-0.15, -0.1) is 11.3 Å². The van der Waals surface area contributed by atoms with Crippen LogP contribution in [0.4, 0.5) is 0 Å². The number of thiophene rings is 1. The molecule has 4 heteroatoms. The maximum atomic E-state index is 3.48. The second-order valence-electron chi connectivity index (χ2n) is 7.47. The Balaban J connectivity index is 1.50. The highest BCUT2D eigenvalue weighted by Gasteiger charge is 2.26. The van der Waals surface area contributed by atoms with E-state index in [0.29, 0.717) is 0 Å². The summed E-state index contributed by atoms with van der Waals surface area (Å²) in [6, 6.07) is 5.44. The van der Waals surface area contributed by atoms with Crippen molar-refractivity contribution in [2.24, 2.45) is 0 Å². The van der Waals surface area contributed by atoms with Gasteiger partial charge >= 0.3 is 0 Å². The maximum Gasteiger partial charge on any atom is 0.0329 e. The molecule has 21 heavy (non-hydrogen) atoms. The summed E-state index contributed by atoms with van der Waals surface area (Å²) in [6.45, 7) is 15.4. The lowest BCUT2D eigenvalue weighted by Crippen LogP contribution is -2.50. The normalized spacial score (nSPS) is 25.6. The molecular weight excluding hydrogens is 278 g/mol. The minimum absolute atomic E-state index is 0.289. The molecule has 2 aliphatic rings. The average Bonchev–Trinajstić information content (AvgIpc) is 3.09. The van der Waals surface area contributed by atoms with Gasteiger partial charge in [-0.1, -0.05) is 20.8 Å². The Kier molecular flexibility index (Phi) is 4.69. The highest BCUT2D eigenvalue weighted by molar-refractivity contribution is 7.12. The van der Waals surface area contributed by atoms with Crippen LogP contribution in [0, 0.1) is 0 Å². The molecule has 0 amide bonds. The third kappa shape index (κ3) is 3.86. The molecule has 2 saturated heterocycles. The van der Waals surface area contributed by atoms with Crippen LogP contribution in [0.25, 0.3) is 0 Å². The van der Waals surface area contributed by atoms with E-state index in [9.17, 15) is 0 Å². The largest absolute Gasteiger partial charge is 0.315 e.